The van der Waals surface area contributed by atoms with E-state index in [1.165, 1.54) is 0 Å². The van der Waals surface area contributed by atoms with E-state index in [0.717, 1.165) is 30.3 Å². The molecule has 2 saturated heterocycles. The van der Waals surface area contributed by atoms with Crippen LogP contribution >= 0.6 is 7.52 Å². The van der Waals surface area contributed by atoms with Crippen LogP contribution < -0.4 is 0 Å². The number of hydrogen-bond donors (Lipinski definition) is 0. The fraction of sp³-hybridized carbons (Fsp3) is 1.00. The number of ether oxygens (including phenoxy) is 4. The molecule has 2 aliphatic heterocycles. The quantitative estimate of drug-likeness (QED) is 0.410. The highest BCUT2D eigenvalue weighted by Crippen LogP contribution is 2.57. The summed E-state index contributed by atoms with van der Waals surface area (Å²) in [4.78, 5) is 0. The van der Waals surface area contributed by atoms with Crippen LogP contribution in [-0.2, 0) is 28.0 Å². The number of rotatable bonds is 7. The summed E-state index contributed by atoms with van der Waals surface area (Å²) in [6, 6.07) is 0. The van der Waals surface area contributed by atoms with Gasteiger partial charge in [0.1, 0.15) is 0 Å². The zero-order chi connectivity index (χ0) is 24.1. The second kappa shape index (κ2) is 8.87. The van der Waals surface area contributed by atoms with Crippen LogP contribution in [0.1, 0.15) is 47.0 Å². The van der Waals surface area contributed by atoms with Crippen molar-refractivity contribution in [2.24, 2.45) is 10.8 Å². The van der Waals surface area contributed by atoms with E-state index in [1.807, 2.05) is 39.4 Å². The molecule has 3 rings (SSSR count). The van der Waals surface area contributed by atoms with Crippen LogP contribution in [0.2, 0.25) is 0 Å². The summed E-state index contributed by atoms with van der Waals surface area (Å²) < 4.78 is 47.4. The summed E-state index contributed by atoms with van der Waals surface area (Å²) in [6.07, 6.45) is 2.73. The van der Waals surface area contributed by atoms with Gasteiger partial charge in [0.2, 0.25) is 0 Å². The number of hydrogen-bond acceptors (Lipinski definition) is 6. The fourth-order valence-electron chi connectivity index (χ4n) is 4.91. The summed E-state index contributed by atoms with van der Waals surface area (Å²) in [6.45, 7) is 13.1. The zero-order valence-electron chi connectivity index (χ0n) is 21.7. The molecule has 1 saturated carbocycles. The third-order valence-electron chi connectivity index (χ3n) is 7.29. The summed E-state index contributed by atoms with van der Waals surface area (Å²) in [5.74, 6) is -1.28. The molecule has 3 atom stereocenters. The Morgan fingerprint density at radius 2 is 1.59 bits per heavy atom. The van der Waals surface area contributed by atoms with E-state index in [2.05, 4.69) is 21.1 Å². The van der Waals surface area contributed by atoms with E-state index < -0.39 is 19.1 Å². The molecule has 8 nitrogen and oxygen atoms in total. The van der Waals surface area contributed by atoms with Gasteiger partial charge in [0.05, 0.1) is 66.8 Å². The van der Waals surface area contributed by atoms with Gasteiger partial charge in [-0.3, -0.25) is 4.57 Å². The second-order valence-electron chi connectivity index (χ2n) is 12.2. The largest absolute Gasteiger partial charge is 0.350 e. The van der Waals surface area contributed by atoms with Gasteiger partial charge in [-0.1, -0.05) is 6.42 Å². The van der Waals surface area contributed by atoms with Gasteiger partial charge in [-0.15, -0.1) is 0 Å². The Kier molecular flexibility index (Phi) is 7.36. The van der Waals surface area contributed by atoms with Crippen molar-refractivity contribution >= 4 is 7.52 Å². The molecule has 3 fully saturated rings. The molecule has 1 aliphatic carbocycles. The lowest BCUT2D eigenvalue weighted by Crippen LogP contribution is -2.67. The number of fused-ring (bicyclic) bond motifs is 2. The molecular formula is C23H46N2O6P+. The van der Waals surface area contributed by atoms with E-state index in [9.17, 15) is 4.57 Å². The summed E-state index contributed by atoms with van der Waals surface area (Å²) in [5, 5.41) is 0. The van der Waals surface area contributed by atoms with Crippen LogP contribution in [0.5, 0.6) is 0 Å². The Morgan fingerprint density at radius 3 is 2.19 bits per heavy atom. The van der Waals surface area contributed by atoms with Crippen LogP contribution in [0, 0.1) is 10.8 Å². The standard InChI is InChI=1S/C23H46N2O6P/c1-20(2)27-15-22(16-28-20)11-10-12-23(17-29-21(3,4)31-19(22)23)18-30-32(9,26)24(5)13-14-25(6,7)8/h19H,10-18H2,1-9H3/q+1. The van der Waals surface area contributed by atoms with Crippen molar-refractivity contribution in [3.63, 3.8) is 0 Å². The van der Waals surface area contributed by atoms with Crippen molar-refractivity contribution in [2.45, 2.75) is 64.6 Å². The van der Waals surface area contributed by atoms with Gasteiger partial charge in [-0.05, 0) is 47.6 Å². The molecule has 0 aromatic carbocycles. The van der Waals surface area contributed by atoms with Gasteiger partial charge in [-0.25, -0.2) is 4.67 Å². The Bertz CT molecular complexity index is 712. The SMILES string of the molecule is CN(CC[N+](C)(C)C)P(C)(=O)OCC12CCCC3(COC(C)(C)OC3)C1OC(C)(C)OC2. The van der Waals surface area contributed by atoms with Gasteiger partial charge in [0.15, 0.2) is 11.6 Å². The molecule has 2 heterocycles. The van der Waals surface area contributed by atoms with Crippen molar-refractivity contribution in [1.82, 2.24) is 4.67 Å². The third kappa shape index (κ3) is 5.95. The van der Waals surface area contributed by atoms with E-state index >= 15 is 0 Å². The molecule has 0 aromatic rings. The fourth-order valence-corrected chi connectivity index (χ4v) is 6.06. The van der Waals surface area contributed by atoms with Gasteiger partial charge in [0, 0.05) is 17.5 Å². The first kappa shape index (κ1) is 26.6. The van der Waals surface area contributed by atoms with Gasteiger partial charge >= 0.3 is 0 Å². The van der Waals surface area contributed by atoms with Crippen LogP contribution in [-0.4, -0.2) is 101 Å². The minimum absolute atomic E-state index is 0.153. The molecule has 0 radical (unpaired) electrons. The van der Waals surface area contributed by atoms with Gasteiger partial charge < -0.3 is 28.0 Å². The predicted molar refractivity (Wildman–Crippen MR) is 125 cm³/mol. The summed E-state index contributed by atoms with van der Waals surface area (Å²) in [7, 11) is 5.32. The molecule has 0 N–H and O–H groups in total. The van der Waals surface area contributed by atoms with Crippen LogP contribution in [0.4, 0.5) is 0 Å². The van der Waals surface area contributed by atoms with Crippen molar-refractivity contribution in [2.75, 3.05) is 74.4 Å². The van der Waals surface area contributed by atoms with E-state index in [1.54, 1.807) is 6.66 Å². The minimum Gasteiger partial charge on any atom is -0.350 e. The molecular weight excluding hydrogens is 431 g/mol. The Balaban J connectivity index is 1.78. The topological polar surface area (TPSA) is 66.5 Å². The number of nitrogens with zero attached hydrogens (tertiary/aromatic N) is 2. The molecule has 0 amide bonds. The lowest BCUT2D eigenvalue weighted by molar-refractivity contribution is -0.869. The normalized spacial score (nSPS) is 33.6. The van der Waals surface area contributed by atoms with Gasteiger partial charge in [-0.2, -0.15) is 0 Å². The lowest BCUT2D eigenvalue weighted by atomic mass is 9.59. The highest BCUT2D eigenvalue weighted by atomic mass is 31.2. The molecule has 32 heavy (non-hydrogen) atoms. The van der Waals surface area contributed by atoms with Crippen molar-refractivity contribution in [3.8, 4) is 0 Å². The molecule has 0 bridgehead atoms. The third-order valence-corrected chi connectivity index (χ3v) is 9.34. The maximum Gasteiger partial charge on any atom is 0.269 e. The Morgan fingerprint density at radius 1 is 1.00 bits per heavy atom. The molecule has 3 unspecified atom stereocenters. The average molecular weight is 478 g/mol. The average Bonchev–Trinajstić information content (AvgIpc) is 2.67. The monoisotopic (exact) mass is 477 g/mol. The zero-order valence-corrected chi connectivity index (χ0v) is 22.6. The van der Waals surface area contributed by atoms with Gasteiger partial charge in [0.25, 0.3) is 7.52 Å². The molecule has 0 aromatic heterocycles. The molecule has 9 heteroatoms. The smallest absolute Gasteiger partial charge is 0.269 e. The first-order valence-electron chi connectivity index (χ1n) is 11.8. The molecule has 3 aliphatic rings. The summed E-state index contributed by atoms with van der Waals surface area (Å²) >= 11 is 0. The second-order valence-corrected chi connectivity index (χ2v) is 14.8. The predicted octanol–water partition coefficient (Wildman–Crippen LogP) is 3.56. The Labute approximate surface area is 194 Å². The van der Waals surface area contributed by atoms with Crippen LogP contribution in [0.3, 0.4) is 0 Å². The highest BCUT2D eigenvalue weighted by Gasteiger charge is 2.61. The van der Waals surface area contributed by atoms with E-state index in [0.29, 0.717) is 33.0 Å². The first-order valence-corrected chi connectivity index (χ1v) is 13.9. The minimum atomic E-state index is -2.96. The van der Waals surface area contributed by atoms with Crippen LogP contribution in [0.25, 0.3) is 0 Å². The highest BCUT2D eigenvalue weighted by molar-refractivity contribution is 7.55. The van der Waals surface area contributed by atoms with E-state index in [4.69, 9.17) is 23.5 Å². The summed E-state index contributed by atoms with van der Waals surface area (Å²) in [5.41, 5.74) is -0.639. The molecule has 188 valence electrons. The Hall–Kier alpha value is -0.0500. The maximum absolute atomic E-state index is 13.5. The first-order chi connectivity index (χ1) is 14.5. The lowest BCUT2D eigenvalue weighted by Gasteiger charge is -2.60. The van der Waals surface area contributed by atoms with Crippen LogP contribution in [0.15, 0.2) is 0 Å². The van der Waals surface area contributed by atoms with Crippen molar-refractivity contribution in [1.29, 1.82) is 0 Å². The molecule has 1 spiro atoms. The number of quaternary nitrogens is 1. The van der Waals surface area contributed by atoms with Crippen molar-refractivity contribution in [3.05, 3.63) is 0 Å². The number of likely N-dealkylation sites (N-methyl/N-ethyl adjacent to an activating group) is 2. The maximum atomic E-state index is 13.5. The van der Waals surface area contributed by atoms with E-state index in [-0.39, 0.29) is 16.9 Å². The van der Waals surface area contributed by atoms with Crippen molar-refractivity contribution < 1.29 is 32.5 Å².